The number of likely N-dealkylation sites (N-methyl/N-ethyl adjacent to an activating group) is 1. The van der Waals surface area contributed by atoms with Gasteiger partial charge in [0.1, 0.15) is 5.75 Å². The molecule has 0 atom stereocenters. The summed E-state index contributed by atoms with van der Waals surface area (Å²) < 4.78 is 5.24. The van der Waals surface area contributed by atoms with Gasteiger partial charge < -0.3 is 15.6 Å². The van der Waals surface area contributed by atoms with Gasteiger partial charge in [0, 0.05) is 25.2 Å². The number of methoxy groups -OCH3 is 1. The number of benzene rings is 1. The van der Waals surface area contributed by atoms with Crippen LogP contribution in [0.15, 0.2) is 18.2 Å². The summed E-state index contributed by atoms with van der Waals surface area (Å²) in [6.07, 6.45) is 0. The van der Waals surface area contributed by atoms with E-state index >= 15 is 0 Å². The average molecular weight is 238 g/mol. The molecule has 0 aliphatic rings. The fourth-order valence-corrected chi connectivity index (χ4v) is 1.84. The Balaban J connectivity index is 2.77. The van der Waals surface area contributed by atoms with Crippen molar-refractivity contribution in [2.75, 3.05) is 26.8 Å². The molecule has 4 nitrogen and oxygen atoms in total. The first-order chi connectivity index (χ1) is 8.24. The molecule has 0 heterocycles. The van der Waals surface area contributed by atoms with Crippen molar-refractivity contribution in [1.82, 2.24) is 4.90 Å². The Morgan fingerprint density at radius 1 is 1.41 bits per heavy atom. The number of aliphatic hydroxyl groups is 1. The molecule has 3 N–H and O–H groups in total. The van der Waals surface area contributed by atoms with Gasteiger partial charge in [0.2, 0.25) is 0 Å². The predicted octanol–water partition coefficient (Wildman–Crippen LogP) is 0.968. The average Bonchev–Trinajstić information content (AvgIpc) is 2.38. The molecule has 0 unspecified atom stereocenters. The SMILES string of the molecule is CCN(CCO)Cc1ccc(OC)c(CN)c1. The molecule has 4 heteroatoms. The van der Waals surface area contributed by atoms with Crippen LogP contribution in [0.2, 0.25) is 0 Å². The van der Waals surface area contributed by atoms with Crippen LogP contribution in [0.25, 0.3) is 0 Å². The smallest absolute Gasteiger partial charge is 0.123 e. The molecule has 1 aromatic rings. The molecule has 0 amide bonds. The number of aliphatic hydroxyl groups excluding tert-OH is 1. The quantitative estimate of drug-likeness (QED) is 0.743. The maximum Gasteiger partial charge on any atom is 0.123 e. The van der Waals surface area contributed by atoms with Crippen LogP contribution in [0, 0.1) is 0 Å². The second kappa shape index (κ2) is 7.27. The Bertz CT molecular complexity index is 342. The van der Waals surface area contributed by atoms with Gasteiger partial charge in [0.25, 0.3) is 0 Å². The summed E-state index contributed by atoms with van der Waals surface area (Å²) in [5.41, 5.74) is 7.90. The molecule has 0 saturated heterocycles. The van der Waals surface area contributed by atoms with Gasteiger partial charge in [0.15, 0.2) is 0 Å². The topological polar surface area (TPSA) is 58.7 Å². The predicted molar refractivity (Wildman–Crippen MR) is 68.9 cm³/mol. The van der Waals surface area contributed by atoms with Crippen LogP contribution in [0.4, 0.5) is 0 Å². The van der Waals surface area contributed by atoms with Crippen LogP contribution in [0.1, 0.15) is 18.1 Å². The highest BCUT2D eigenvalue weighted by Crippen LogP contribution is 2.20. The summed E-state index contributed by atoms with van der Waals surface area (Å²) in [7, 11) is 1.65. The molecule has 0 aromatic heterocycles. The lowest BCUT2D eigenvalue weighted by Crippen LogP contribution is -2.26. The molecule has 0 radical (unpaired) electrons. The minimum atomic E-state index is 0.188. The van der Waals surface area contributed by atoms with E-state index in [1.165, 1.54) is 5.56 Å². The van der Waals surface area contributed by atoms with Gasteiger partial charge in [-0.2, -0.15) is 0 Å². The zero-order valence-electron chi connectivity index (χ0n) is 10.6. The molecule has 0 bridgehead atoms. The van der Waals surface area contributed by atoms with Crippen LogP contribution in [-0.4, -0.2) is 36.8 Å². The van der Waals surface area contributed by atoms with Crippen molar-refractivity contribution in [3.63, 3.8) is 0 Å². The number of ether oxygens (including phenoxy) is 1. The molecule has 1 rings (SSSR count). The van der Waals surface area contributed by atoms with E-state index in [-0.39, 0.29) is 6.61 Å². The van der Waals surface area contributed by atoms with Gasteiger partial charge in [-0.3, -0.25) is 4.90 Å². The van der Waals surface area contributed by atoms with Crippen molar-refractivity contribution in [2.24, 2.45) is 5.73 Å². The van der Waals surface area contributed by atoms with E-state index in [1.54, 1.807) is 7.11 Å². The van der Waals surface area contributed by atoms with Gasteiger partial charge >= 0.3 is 0 Å². The highest BCUT2D eigenvalue weighted by molar-refractivity contribution is 5.37. The molecule has 0 spiro atoms. The van der Waals surface area contributed by atoms with E-state index in [2.05, 4.69) is 17.9 Å². The van der Waals surface area contributed by atoms with Gasteiger partial charge in [-0.15, -0.1) is 0 Å². The first-order valence-electron chi connectivity index (χ1n) is 5.94. The standard InChI is InChI=1S/C13H22N2O2/c1-3-15(6-7-16)10-11-4-5-13(17-2)12(8-11)9-14/h4-5,8,16H,3,6-7,9-10,14H2,1-2H3. The fourth-order valence-electron chi connectivity index (χ4n) is 1.84. The van der Waals surface area contributed by atoms with Gasteiger partial charge in [-0.05, 0) is 24.2 Å². The number of nitrogens with zero attached hydrogens (tertiary/aromatic N) is 1. The second-order valence-electron chi connectivity index (χ2n) is 3.94. The van der Waals surface area contributed by atoms with E-state index in [9.17, 15) is 0 Å². The van der Waals surface area contributed by atoms with Gasteiger partial charge in [-0.25, -0.2) is 0 Å². The Kier molecular flexibility index (Phi) is 5.97. The lowest BCUT2D eigenvalue weighted by molar-refractivity contribution is 0.196. The van der Waals surface area contributed by atoms with E-state index in [0.29, 0.717) is 13.1 Å². The molecular formula is C13H22N2O2. The zero-order valence-corrected chi connectivity index (χ0v) is 10.6. The Morgan fingerprint density at radius 3 is 2.71 bits per heavy atom. The van der Waals surface area contributed by atoms with Crippen molar-refractivity contribution < 1.29 is 9.84 Å². The molecule has 0 aliphatic carbocycles. The Morgan fingerprint density at radius 2 is 2.18 bits per heavy atom. The van der Waals surface area contributed by atoms with Crippen molar-refractivity contribution in [3.8, 4) is 5.75 Å². The molecule has 96 valence electrons. The largest absolute Gasteiger partial charge is 0.496 e. The summed E-state index contributed by atoms with van der Waals surface area (Å²) in [6.45, 7) is 5.19. The number of hydrogen-bond donors (Lipinski definition) is 2. The van der Waals surface area contributed by atoms with Gasteiger partial charge in [0.05, 0.1) is 13.7 Å². The van der Waals surface area contributed by atoms with E-state index in [1.807, 2.05) is 12.1 Å². The van der Waals surface area contributed by atoms with E-state index in [0.717, 1.165) is 24.4 Å². The Labute approximate surface area is 103 Å². The van der Waals surface area contributed by atoms with E-state index < -0.39 is 0 Å². The lowest BCUT2D eigenvalue weighted by atomic mass is 10.1. The second-order valence-corrected chi connectivity index (χ2v) is 3.94. The summed E-state index contributed by atoms with van der Waals surface area (Å²) in [6, 6.07) is 6.06. The minimum absolute atomic E-state index is 0.188. The van der Waals surface area contributed by atoms with Crippen molar-refractivity contribution in [3.05, 3.63) is 29.3 Å². The summed E-state index contributed by atoms with van der Waals surface area (Å²) in [4.78, 5) is 2.18. The van der Waals surface area contributed by atoms with Crippen molar-refractivity contribution >= 4 is 0 Å². The monoisotopic (exact) mass is 238 g/mol. The first-order valence-corrected chi connectivity index (χ1v) is 5.94. The zero-order chi connectivity index (χ0) is 12.7. The van der Waals surface area contributed by atoms with Crippen LogP contribution in [0.5, 0.6) is 5.75 Å². The Hall–Kier alpha value is -1.10. The minimum Gasteiger partial charge on any atom is -0.496 e. The summed E-state index contributed by atoms with van der Waals surface area (Å²) in [5, 5.41) is 8.95. The number of hydrogen-bond acceptors (Lipinski definition) is 4. The third kappa shape index (κ3) is 4.00. The van der Waals surface area contributed by atoms with Crippen LogP contribution >= 0.6 is 0 Å². The van der Waals surface area contributed by atoms with Crippen molar-refractivity contribution in [2.45, 2.75) is 20.0 Å². The number of rotatable bonds is 7. The third-order valence-electron chi connectivity index (χ3n) is 2.83. The summed E-state index contributed by atoms with van der Waals surface area (Å²) >= 11 is 0. The van der Waals surface area contributed by atoms with Crippen LogP contribution in [0.3, 0.4) is 0 Å². The van der Waals surface area contributed by atoms with Crippen LogP contribution in [-0.2, 0) is 13.1 Å². The first kappa shape index (κ1) is 14.0. The molecule has 1 aromatic carbocycles. The summed E-state index contributed by atoms with van der Waals surface area (Å²) in [5.74, 6) is 0.835. The normalized spacial score (nSPS) is 10.9. The lowest BCUT2D eigenvalue weighted by Gasteiger charge is -2.19. The maximum atomic E-state index is 8.95. The highest BCUT2D eigenvalue weighted by atomic mass is 16.5. The molecule has 0 aliphatic heterocycles. The molecular weight excluding hydrogens is 216 g/mol. The van der Waals surface area contributed by atoms with Crippen LogP contribution < -0.4 is 10.5 Å². The van der Waals surface area contributed by atoms with E-state index in [4.69, 9.17) is 15.6 Å². The highest BCUT2D eigenvalue weighted by Gasteiger charge is 2.06. The molecule has 17 heavy (non-hydrogen) atoms. The third-order valence-corrected chi connectivity index (χ3v) is 2.83. The number of nitrogens with two attached hydrogens (primary N) is 1. The van der Waals surface area contributed by atoms with Crippen molar-refractivity contribution in [1.29, 1.82) is 0 Å². The molecule has 0 saturated carbocycles. The maximum absolute atomic E-state index is 8.95. The van der Waals surface area contributed by atoms with Gasteiger partial charge in [-0.1, -0.05) is 13.0 Å². The molecule has 0 fully saturated rings. The fraction of sp³-hybridized carbons (Fsp3) is 0.538.